The molecule has 1 unspecified atom stereocenters. The minimum atomic E-state index is -1.14. The average Bonchev–Trinajstić information content (AvgIpc) is 2.37. The van der Waals surface area contributed by atoms with Gasteiger partial charge in [0.2, 0.25) is 0 Å². The Bertz CT molecular complexity index is 479. The lowest BCUT2D eigenvalue weighted by Crippen LogP contribution is -2.41. The van der Waals surface area contributed by atoms with Gasteiger partial charge in [0.1, 0.15) is 6.04 Å². The van der Waals surface area contributed by atoms with E-state index >= 15 is 0 Å². The van der Waals surface area contributed by atoms with Crippen molar-refractivity contribution in [1.82, 2.24) is 5.32 Å². The normalized spacial score (nSPS) is 11.9. The molecule has 2 N–H and O–H groups in total. The number of aliphatic carboxylic acids is 1. The minimum absolute atomic E-state index is 0.0950. The zero-order valence-corrected chi connectivity index (χ0v) is 11.7. The Morgan fingerprint density at radius 3 is 2.68 bits per heavy atom. The van der Waals surface area contributed by atoms with E-state index in [1.54, 1.807) is 12.1 Å². The van der Waals surface area contributed by atoms with E-state index < -0.39 is 17.9 Å². The highest BCUT2D eigenvalue weighted by Gasteiger charge is 2.22. The molecule has 0 heterocycles. The molecule has 1 amide bonds. The summed E-state index contributed by atoms with van der Waals surface area (Å²) in [7, 11) is 1.45. The molecule has 5 nitrogen and oxygen atoms in total. The Hall–Kier alpha value is -1.30. The van der Waals surface area contributed by atoms with Crippen LogP contribution in [0.1, 0.15) is 16.8 Å². The van der Waals surface area contributed by atoms with Crippen LogP contribution in [-0.2, 0) is 9.53 Å². The summed E-state index contributed by atoms with van der Waals surface area (Å²) >= 11 is 11.7. The first kappa shape index (κ1) is 15.8. The molecule has 1 atom stereocenters. The maximum absolute atomic E-state index is 11.9. The van der Waals surface area contributed by atoms with Crippen molar-refractivity contribution in [2.45, 2.75) is 12.5 Å². The van der Waals surface area contributed by atoms with Crippen molar-refractivity contribution in [2.75, 3.05) is 13.7 Å². The zero-order chi connectivity index (χ0) is 14.4. The van der Waals surface area contributed by atoms with Crippen LogP contribution in [0.5, 0.6) is 0 Å². The number of nitrogens with one attached hydrogen (secondary N) is 1. The highest BCUT2D eigenvalue weighted by Crippen LogP contribution is 2.25. The van der Waals surface area contributed by atoms with Crippen LogP contribution in [0, 0.1) is 0 Å². The Labute approximate surface area is 120 Å². The van der Waals surface area contributed by atoms with E-state index in [1.165, 1.54) is 13.2 Å². The molecule has 0 aliphatic carbocycles. The van der Waals surface area contributed by atoms with Gasteiger partial charge in [0.05, 0.1) is 15.6 Å². The summed E-state index contributed by atoms with van der Waals surface area (Å²) in [5, 5.41) is 11.7. The van der Waals surface area contributed by atoms with Crippen LogP contribution in [0.4, 0.5) is 0 Å². The van der Waals surface area contributed by atoms with Gasteiger partial charge in [0, 0.05) is 20.1 Å². The van der Waals surface area contributed by atoms with Crippen molar-refractivity contribution in [2.24, 2.45) is 0 Å². The van der Waals surface area contributed by atoms with Gasteiger partial charge in [-0.2, -0.15) is 0 Å². The van der Waals surface area contributed by atoms with Crippen molar-refractivity contribution in [3.63, 3.8) is 0 Å². The second kappa shape index (κ2) is 7.33. The Morgan fingerprint density at radius 2 is 2.11 bits per heavy atom. The predicted octanol–water partition coefficient (Wildman–Crippen LogP) is 2.21. The van der Waals surface area contributed by atoms with Crippen LogP contribution in [0.25, 0.3) is 0 Å². The molecule has 1 aromatic rings. The first-order chi connectivity index (χ1) is 8.97. The van der Waals surface area contributed by atoms with Crippen LogP contribution in [-0.4, -0.2) is 36.7 Å². The van der Waals surface area contributed by atoms with E-state index in [2.05, 4.69) is 5.32 Å². The van der Waals surface area contributed by atoms with Crippen molar-refractivity contribution in [3.8, 4) is 0 Å². The van der Waals surface area contributed by atoms with Gasteiger partial charge in [-0.1, -0.05) is 29.3 Å². The van der Waals surface area contributed by atoms with Crippen molar-refractivity contribution < 1.29 is 19.4 Å². The van der Waals surface area contributed by atoms with Crippen LogP contribution in [0.15, 0.2) is 18.2 Å². The van der Waals surface area contributed by atoms with Gasteiger partial charge < -0.3 is 15.2 Å². The summed E-state index contributed by atoms with van der Waals surface area (Å²) in [4.78, 5) is 22.9. The van der Waals surface area contributed by atoms with Crippen LogP contribution in [0.3, 0.4) is 0 Å². The molecule has 1 rings (SSSR count). The number of hydrogen-bond acceptors (Lipinski definition) is 3. The lowest BCUT2D eigenvalue weighted by atomic mass is 10.1. The molecule has 0 bridgehead atoms. The van der Waals surface area contributed by atoms with Gasteiger partial charge >= 0.3 is 5.97 Å². The molecule has 0 aromatic heterocycles. The van der Waals surface area contributed by atoms with Crippen LogP contribution in [0.2, 0.25) is 10.0 Å². The number of carboxylic acids is 1. The predicted molar refractivity (Wildman–Crippen MR) is 71.8 cm³/mol. The molecule has 104 valence electrons. The van der Waals surface area contributed by atoms with E-state index in [-0.39, 0.29) is 28.6 Å². The fraction of sp³-hybridized carbons (Fsp3) is 0.333. The summed E-state index contributed by atoms with van der Waals surface area (Å²) < 4.78 is 4.79. The van der Waals surface area contributed by atoms with Gasteiger partial charge in [-0.25, -0.2) is 4.79 Å². The van der Waals surface area contributed by atoms with Crippen LogP contribution < -0.4 is 5.32 Å². The number of halogens is 2. The van der Waals surface area contributed by atoms with Crippen molar-refractivity contribution >= 4 is 35.1 Å². The Morgan fingerprint density at radius 1 is 1.42 bits per heavy atom. The smallest absolute Gasteiger partial charge is 0.326 e. The SMILES string of the molecule is COCCC(NC(=O)c1cccc(Cl)c1Cl)C(=O)O. The largest absolute Gasteiger partial charge is 0.480 e. The molecule has 0 aliphatic rings. The van der Waals surface area contributed by atoms with Gasteiger partial charge in [0.25, 0.3) is 5.91 Å². The number of methoxy groups -OCH3 is 1. The molecule has 0 saturated heterocycles. The summed E-state index contributed by atoms with van der Waals surface area (Å²) in [5.41, 5.74) is 0.137. The average molecular weight is 306 g/mol. The van der Waals surface area contributed by atoms with E-state index in [1.807, 2.05) is 0 Å². The first-order valence-corrected chi connectivity index (χ1v) is 6.19. The third kappa shape index (κ3) is 4.38. The lowest BCUT2D eigenvalue weighted by molar-refractivity contribution is -0.139. The fourth-order valence-corrected chi connectivity index (χ4v) is 1.79. The van der Waals surface area contributed by atoms with E-state index in [0.717, 1.165) is 0 Å². The Kier molecular flexibility index (Phi) is 6.08. The zero-order valence-electron chi connectivity index (χ0n) is 10.2. The van der Waals surface area contributed by atoms with E-state index in [9.17, 15) is 9.59 Å². The molecule has 1 aromatic carbocycles. The minimum Gasteiger partial charge on any atom is -0.480 e. The van der Waals surface area contributed by atoms with Gasteiger partial charge in [-0.15, -0.1) is 0 Å². The number of rotatable bonds is 6. The summed E-state index contributed by atoms with van der Waals surface area (Å²) in [6.07, 6.45) is 0.162. The van der Waals surface area contributed by atoms with E-state index in [0.29, 0.717) is 0 Å². The monoisotopic (exact) mass is 305 g/mol. The number of carbonyl (C=O) groups excluding carboxylic acids is 1. The molecule has 7 heteroatoms. The molecule has 0 spiro atoms. The van der Waals surface area contributed by atoms with Gasteiger partial charge in [-0.05, 0) is 12.1 Å². The van der Waals surface area contributed by atoms with Crippen LogP contribution >= 0.6 is 23.2 Å². The lowest BCUT2D eigenvalue weighted by Gasteiger charge is -2.14. The summed E-state index contributed by atoms with van der Waals surface area (Å²) in [6.45, 7) is 0.223. The first-order valence-electron chi connectivity index (χ1n) is 5.44. The number of benzene rings is 1. The quantitative estimate of drug-likeness (QED) is 0.845. The third-order valence-corrected chi connectivity index (χ3v) is 3.23. The van der Waals surface area contributed by atoms with Gasteiger partial charge in [-0.3, -0.25) is 4.79 Å². The number of carboxylic acid groups (broad SMARTS) is 1. The molecule has 0 fully saturated rings. The molecule has 19 heavy (non-hydrogen) atoms. The topological polar surface area (TPSA) is 75.6 Å². The number of amides is 1. The highest BCUT2D eigenvalue weighted by molar-refractivity contribution is 6.43. The van der Waals surface area contributed by atoms with Crippen molar-refractivity contribution in [1.29, 1.82) is 0 Å². The number of carbonyl (C=O) groups is 2. The second-order valence-electron chi connectivity index (χ2n) is 3.75. The molecule has 0 radical (unpaired) electrons. The van der Waals surface area contributed by atoms with Crippen molar-refractivity contribution in [3.05, 3.63) is 33.8 Å². The highest BCUT2D eigenvalue weighted by atomic mass is 35.5. The summed E-state index contributed by atoms with van der Waals surface area (Å²) in [5.74, 6) is -1.72. The third-order valence-electron chi connectivity index (χ3n) is 2.41. The fourth-order valence-electron chi connectivity index (χ4n) is 1.41. The number of hydrogen-bond donors (Lipinski definition) is 2. The van der Waals surface area contributed by atoms with E-state index in [4.69, 9.17) is 33.0 Å². The maximum atomic E-state index is 11.9. The Balaban J connectivity index is 2.82. The molecular formula is C12H13Cl2NO4. The second-order valence-corrected chi connectivity index (χ2v) is 4.53. The number of ether oxygens (including phenoxy) is 1. The van der Waals surface area contributed by atoms with Gasteiger partial charge in [0.15, 0.2) is 0 Å². The standard InChI is InChI=1S/C12H13Cl2NO4/c1-19-6-5-9(12(17)18)15-11(16)7-3-2-4-8(13)10(7)14/h2-4,9H,5-6H2,1H3,(H,15,16)(H,17,18). The molecule has 0 saturated carbocycles. The molecular weight excluding hydrogens is 293 g/mol. The maximum Gasteiger partial charge on any atom is 0.326 e. The molecule has 0 aliphatic heterocycles. The summed E-state index contributed by atoms with van der Waals surface area (Å²) in [6, 6.07) is 3.54.